The predicted octanol–water partition coefficient (Wildman–Crippen LogP) is 1.14. The van der Waals surface area contributed by atoms with Gasteiger partial charge in [-0.25, -0.2) is 9.80 Å². The molecule has 0 N–H and O–H groups in total. The molecule has 1 aromatic heterocycles. The first-order chi connectivity index (χ1) is 7.91. The lowest BCUT2D eigenvalue weighted by Crippen LogP contribution is -2.32. The molecule has 0 aliphatic rings. The Kier molecular flexibility index (Phi) is 3.81. The van der Waals surface area contributed by atoms with E-state index in [0.717, 1.165) is 5.01 Å². The van der Waals surface area contributed by atoms with Crippen LogP contribution in [-0.4, -0.2) is 48.2 Å². The van der Waals surface area contributed by atoms with Gasteiger partial charge in [-0.05, 0) is 6.07 Å². The number of nitro groups is 1. The molecule has 0 aromatic carbocycles. The van der Waals surface area contributed by atoms with Crippen LogP contribution < -0.4 is 0 Å². The third-order valence-corrected chi connectivity index (χ3v) is 1.81. The maximum atomic E-state index is 11.4. The van der Waals surface area contributed by atoms with E-state index in [1.165, 1.54) is 30.3 Å². The third kappa shape index (κ3) is 3.30. The summed E-state index contributed by atoms with van der Waals surface area (Å²) in [4.78, 5) is 22.4. The van der Waals surface area contributed by atoms with Crippen molar-refractivity contribution in [3.8, 4) is 0 Å². The molecule has 1 aromatic rings. The molecule has 2 amide bonds. The zero-order chi connectivity index (χ0) is 13.0. The van der Waals surface area contributed by atoms with Crippen molar-refractivity contribution in [2.75, 3.05) is 21.1 Å². The van der Waals surface area contributed by atoms with Crippen LogP contribution in [-0.2, 0) is 0 Å². The number of carbonyl (C=O) groups excluding carboxylic acids is 1. The second-order valence-electron chi connectivity index (χ2n) is 3.38. The Hall–Kier alpha value is -2.38. The van der Waals surface area contributed by atoms with Gasteiger partial charge in [0.05, 0.1) is 12.3 Å². The summed E-state index contributed by atoms with van der Waals surface area (Å²) in [6.45, 7) is 0. The van der Waals surface area contributed by atoms with E-state index >= 15 is 0 Å². The largest absolute Gasteiger partial charge is 0.433 e. The highest BCUT2D eigenvalue weighted by molar-refractivity contribution is 5.79. The van der Waals surface area contributed by atoms with Gasteiger partial charge in [-0.15, -0.1) is 0 Å². The quantitative estimate of drug-likeness (QED) is 0.449. The van der Waals surface area contributed by atoms with Gasteiger partial charge in [-0.1, -0.05) is 0 Å². The van der Waals surface area contributed by atoms with E-state index in [1.807, 2.05) is 0 Å². The Bertz CT molecular complexity index is 452. The Morgan fingerprint density at radius 1 is 1.47 bits per heavy atom. The van der Waals surface area contributed by atoms with Crippen LogP contribution in [0.1, 0.15) is 5.76 Å². The molecule has 0 aliphatic heterocycles. The van der Waals surface area contributed by atoms with Crippen molar-refractivity contribution in [2.45, 2.75) is 0 Å². The number of nitrogens with zero attached hydrogens (tertiary/aromatic N) is 4. The zero-order valence-electron chi connectivity index (χ0n) is 9.65. The molecule has 0 aliphatic carbocycles. The molecule has 0 saturated heterocycles. The van der Waals surface area contributed by atoms with Crippen LogP contribution in [0.25, 0.3) is 0 Å². The monoisotopic (exact) mass is 240 g/mol. The highest BCUT2D eigenvalue weighted by Gasteiger charge is 2.11. The summed E-state index contributed by atoms with van der Waals surface area (Å²) in [5.41, 5.74) is 0. The molecule has 1 rings (SSSR count). The molecule has 1 heterocycles. The third-order valence-electron chi connectivity index (χ3n) is 1.81. The fourth-order valence-electron chi connectivity index (χ4n) is 0.992. The topological polar surface area (TPSA) is 92.2 Å². The summed E-state index contributed by atoms with van der Waals surface area (Å²) in [6, 6.07) is 2.30. The first kappa shape index (κ1) is 12.7. The molecule has 17 heavy (non-hydrogen) atoms. The normalized spacial score (nSPS) is 10.5. The van der Waals surface area contributed by atoms with Gasteiger partial charge in [0.15, 0.2) is 5.76 Å². The molecule has 0 fully saturated rings. The second-order valence-corrected chi connectivity index (χ2v) is 3.38. The van der Waals surface area contributed by atoms with Crippen molar-refractivity contribution in [2.24, 2.45) is 5.10 Å². The van der Waals surface area contributed by atoms with Crippen LogP contribution >= 0.6 is 0 Å². The fraction of sp³-hybridized carbons (Fsp3) is 0.333. The van der Waals surface area contributed by atoms with Crippen molar-refractivity contribution in [3.63, 3.8) is 0 Å². The fourth-order valence-corrected chi connectivity index (χ4v) is 0.992. The van der Waals surface area contributed by atoms with Gasteiger partial charge in [-0.3, -0.25) is 10.1 Å². The number of hydrazone groups is 1. The van der Waals surface area contributed by atoms with Crippen LogP contribution in [0.4, 0.5) is 10.7 Å². The SMILES string of the molecule is CN(C)C(=O)N(C)/N=C/c1ccc([N+](=O)[O-])o1. The van der Waals surface area contributed by atoms with Gasteiger partial charge in [0.2, 0.25) is 0 Å². The van der Waals surface area contributed by atoms with E-state index in [2.05, 4.69) is 5.10 Å². The Morgan fingerprint density at radius 3 is 2.59 bits per heavy atom. The molecule has 0 spiro atoms. The molecule has 8 heteroatoms. The van der Waals surface area contributed by atoms with E-state index in [-0.39, 0.29) is 17.7 Å². The minimum absolute atomic E-state index is 0.204. The number of hydrogen-bond donors (Lipinski definition) is 0. The van der Waals surface area contributed by atoms with Gasteiger partial charge in [0.25, 0.3) is 0 Å². The second kappa shape index (κ2) is 5.10. The van der Waals surface area contributed by atoms with Crippen LogP contribution in [0.2, 0.25) is 0 Å². The lowest BCUT2D eigenvalue weighted by Gasteiger charge is -2.16. The summed E-state index contributed by atoms with van der Waals surface area (Å²) in [5, 5.41) is 15.2. The number of rotatable bonds is 3. The van der Waals surface area contributed by atoms with Gasteiger partial charge in [0.1, 0.15) is 4.92 Å². The summed E-state index contributed by atoms with van der Waals surface area (Å²) < 4.78 is 4.84. The van der Waals surface area contributed by atoms with E-state index < -0.39 is 4.92 Å². The lowest BCUT2D eigenvalue weighted by molar-refractivity contribution is -0.402. The number of amides is 2. The average molecular weight is 240 g/mol. The molecule has 0 bridgehead atoms. The Labute approximate surface area is 97.3 Å². The molecule has 8 nitrogen and oxygen atoms in total. The van der Waals surface area contributed by atoms with Crippen LogP contribution in [0.15, 0.2) is 21.7 Å². The molecular formula is C9H12N4O4. The molecular weight excluding hydrogens is 228 g/mol. The first-order valence-electron chi connectivity index (χ1n) is 4.65. The standard InChI is InChI=1S/C9H12N4O4/c1-11(2)9(14)12(3)10-6-7-4-5-8(17-7)13(15)16/h4-6H,1-3H3/b10-6+. The zero-order valence-corrected chi connectivity index (χ0v) is 9.65. The van der Waals surface area contributed by atoms with Gasteiger partial charge in [-0.2, -0.15) is 5.10 Å². The lowest BCUT2D eigenvalue weighted by atomic mass is 10.5. The van der Waals surface area contributed by atoms with Crippen molar-refractivity contribution < 1.29 is 14.1 Å². The molecule has 0 unspecified atom stereocenters. The van der Waals surface area contributed by atoms with Crippen molar-refractivity contribution in [1.29, 1.82) is 0 Å². The first-order valence-corrected chi connectivity index (χ1v) is 4.65. The summed E-state index contributed by atoms with van der Waals surface area (Å²) in [6.07, 6.45) is 1.23. The minimum atomic E-state index is -0.647. The summed E-state index contributed by atoms with van der Waals surface area (Å²) in [5.74, 6) is -0.164. The molecule has 92 valence electrons. The van der Waals surface area contributed by atoms with Crippen LogP contribution in [0, 0.1) is 10.1 Å². The highest BCUT2D eigenvalue weighted by atomic mass is 16.6. The minimum Gasteiger partial charge on any atom is -0.400 e. The summed E-state index contributed by atoms with van der Waals surface area (Å²) >= 11 is 0. The molecule has 0 radical (unpaired) electrons. The van der Waals surface area contributed by atoms with Crippen LogP contribution in [0.3, 0.4) is 0 Å². The molecule has 0 atom stereocenters. The number of hydrogen-bond acceptors (Lipinski definition) is 5. The Morgan fingerprint density at radius 2 is 2.12 bits per heavy atom. The number of urea groups is 1. The smallest absolute Gasteiger partial charge is 0.400 e. The number of furan rings is 1. The van der Waals surface area contributed by atoms with E-state index in [0.29, 0.717) is 0 Å². The number of carbonyl (C=O) groups is 1. The Balaban J connectivity index is 2.70. The van der Waals surface area contributed by atoms with Crippen molar-refractivity contribution >= 4 is 18.1 Å². The average Bonchev–Trinajstić information content (AvgIpc) is 2.73. The van der Waals surface area contributed by atoms with E-state index in [9.17, 15) is 14.9 Å². The van der Waals surface area contributed by atoms with E-state index in [1.54, 1.807) is 14.1 Å². The summed E-state index contributed by atoms with van der Waals surface area (Å²) in [7, 11) is 4.65. The van der Waals surface area contributed by atoms with Gasteiger partial charge < -0.3 is 9.32 Å². The predicted molar refractivity (Wildman–Crippen MR) is 59.8 cm³/mol. The highest BCUT2D eigenvalue weighted by Crippen LogP contribution is 2.13. The van der Waals surface area contributed by atoms with Gasteiger partial charge >= 0.3 is 11.9 Å². The van der Waals surface area contributed by atoms with Crippen LogP contribution in [0.5, 0.6) is 0 Å². The maximum absolute atomic E-state index is 11.4. The van der Waals surface area contributed by atoms with Gasteiger partial charge in [0, 0.05) is 21.1 Å². The molecule has 0 saturated carbocycles. The van der Waals surface area contributed by atoms with Crippen molar-refractivity contribution in [1.82, 2.24) is 9.91 Å². The maximum Gasteiger partial charge on any atom is 0.433 e. The van der Waals surface area contributed by atoms with Crippen molar-refractivity contribution in [3.05, 3.63) is 28.0 Å². The van der Waals surface area contributed by atoms with E-state index in [4.69, 9.17) is 4.42 Å².